The largest absolute Gasteiger partial charge is 0.508 e. The Morgan fingerprint density at radius 2 is 1.37 bits per heavy atom. The second-order valence-corrected chi connectivity index (χ2v) is 14.0. The summed E-state index contributed by atoms with van der Waals surface area (Å²) in [7, 11) is 1.71. The molecule has 280 valence electrons. The second kappa shape index (κ2) is 15.7. The number of likely N-dealkylation sites (N-methyl/N-ethyl adjacent to an activating group) is 1. The van der Waals surface area contributed by atoms with E-state index in [0.29, 0.717) is 34.4 Å². The number of aliphatic hydroxyl groups is 5. The molecule has 8 atom stereocenters. The summed E-state index contributed by atoms with van der Waals surface area (Å²) < 4.78 is 19.3. The molecule has 0 radical (unpaired) electrons. The van der Waals surface area contributed by atoms with Crippen molar-refractivity contribution in [2.24, 2.45) is 0 Å². The topological polar surface area (TPSA) is 154 Å². The van der Waals surface area contributed by atoms with Gasteiger partial charge in [-0.05, 0) is 76.6 Å². The third-order valence-electron chi connectivity index (χ3n) is 10.7. The molecular weight excluding hydrogens is 691 g/mol. The van der Waals surface area contributed by atoms with Crippen LogP contribution in [0.15, 0.2) is 121 Å². The fourth-order valence-electron chi connectivity index (χ4n) is 7.62. The first-order chi connectivity index (χ1) is 26.0. The molecule has 0 aromatic heterocycles. The molecule has 2 aliphatic rings. The van der Waals surface area contributed by atoms with Gasteiger partial charge >= 0.3 is 6.03 Å². The van der Waals surface area contributed by atoms with Crippen LogP contribution in [0.25, 0.3) is 22.3 Å². The summed E-state index contributed by atoms with van der Waals surface area (Å²) in [5, 5.41) is 63.3. The Labute approximate surface area is 312 Å². The first kappa shape index (κ1) is 37.2. The lowest BCUT2D eigenvalue weighted by Crippen LogP contribution is -2.55. The number of benzene rings is 5. The van der Waals surface area contributed by atoms with Gasteiger partial charge in [0, 0.05) is 18.3 Å². The van der Waals surface area contributed by atoms with E-state index in [1.54, 1.807) is 65.4 Å². The van der Waals surface area contributed by atoms with E-state index >= 15 is 0 Å². The van der Waals surface area contributed by atoms with Gasteiger partial charge in [-0.3, -0.25) is 4.90 Å². The van der Waals surface area contributed by atoms with Crippen molar-refractivity contribution in [2.45, 2.75) is 61.5 Å². The number of rotatable bonds is 10. The first-order valence-electron chi connectivity index (χ1n) is 17.9. The fourth-order valence-corrected chi connectivity index (χ4v) is 7.62. The summed E-state index contributed by atoms with van der Waals surface area (Å²) in [6.45, 7) is -0.528. The van der Waals surface area contributed by atoms with Crippen molar-refractivity contribution in [1.29, 1.82) is 0 Å². The van der Waals surface area contributed by atoms with Crippen LogP contribution >= 0.6 is 0 Å². The number of carbonyl (C=O) groups excluding carboxylic acids is 1. The molecule has 2 amide bonds. The van der Waals surface area contributed by atoms with Crippen LogP contribution < -0.4 is 4.90 Å². The molecule has 0 spiro atoms. The highest BCUT2D eigenvalue weighted by molar-refractivity contribution is 5.96. The standard InChI is InChI=1S/C43H43FN2O8/c1-45-34(21-22-35(48)28-11-16-31(44)17-12-28)38(46(43(45)53)32-18-13-26(14-19-32)25-5-3-2-4-6-25)33-20-15-30(23-36(33)49)27-7-9-29(10-8-27)42-41(52)40(51)39(50)37(24-47)54-42/h2-20,23,34-35,37-42,47-52H,21-22,24H2,1H3/t34-,35-,37+,38+,39+,40-,41+,42?/m0/s1. The summed E-state index contributed by atoms with van der Waals surface area (Å²) in [6.07, 6.45) is -6.61. The van der Waals surface area contributed by atoms with Gasteiger partial charge < -0.3 is 40.3 Å². The molecule has 7 rings (SSSR count). The minimum Gasteiger partial charge on any atom is -0.508 e. The monoisotopic (exact) mass is 734 g/mol. The van der Waals surface area contributed by atoms with E-state index in [1.807, 2.05) is 60.7 Å². The van der Waals surface area contributed by atoms with Crippen LogP contribution in [0.3, 0.4) is 0 Å². The van der Waals surface area contributed by atoms with Gasteiger partial charge in [0.05, 0.1) is 24.8 Å². The minimum atomic E-state index is -1.50. The SMILES string of the molecule is CN1C(=O)N(c2ccc(-c3ccccc3)cc2)[C@H](c2ccc(-c3ccc(C4O[C@H](CO)[C@@H](O)[C@H](O)[C@H]4O)cc3)cc2O)[C@@H]1CC[C@H](O)c1ccc(F)cc1. The second-order valence-electron chi connectivity index (χ2n) is 14.0. The number of anilines is 1. The van der Waals surface area contributed by atoms with Gasteiger partial charge in [0.15, 0.2) is 0 Å². The number of hydrogen-bond donors (Lipinski definition) is 6. The van der Waals surface area contributed by atoms with E-state index < -0.39 is 61.1 Å². The molecular formula is C43H43FN2O8. The van der Waals surface area contributed by atoms with Gasteiger partial charge in [0.25, 0.3) is 0 Å². The molecule has 5 aromatic carbocycles. The smallest absolute Gasteiger partial charge is 0.325 e. The van der Waals surface area contributed by atoms with Gasteiger partial charge in [0.1, 0.15) is 42.1 Å². The lowest BCUT2D eigenvalue weighted by molar-refractivity contribution is -0.231. The maximum Gasteiger partial charge on any atom is 0.325 e. The molecule has 0 aliphatic carbocycles. The van der Waals surface area contributed by atoms with Crippen LogP contribution in [0.1, 0.15) is 47.8 Å². The minimum absolute atomic E-state index is 0.0337. The van der Waals surface area contributed by atoms with Crippen molar-refractivity contribution < 1.29 is 44.6 Å². The molecule has 2 heterocycles. The highest BCUT2D eigenvalue weighted by Crippen LogP contribution is 2.45. The van der Waals surface area contributed by atoms with Crippen molar-refractivity contribution in [3.8, 4) is 28.0 Å². The van der Waals surface area contributed by atoms with Gasteiger partial charge in [-0.2, -0.15) is 0 Å². The Hall–Kier alpha value is -5.14. The molecule has 0 saturated carbocycles. The molecule has 5 aromatic rings. The van der Waals surface area contributed by atoms with Crippen LogP contribution in [0.4, 0.5) is 14.9 Å². The zero-order valence-electron chi connectivity index (χ0n) is 29.6. The number of hydrogen-bond acceptors (Lipinski definition) is 8. The Morgan fingerprint density at radius 3 is 2.02 bits per heavy atom. The quantitative estimate of drug-likeness (QED) is 0.104. The lowest BCUT2D eigenvalue weighted by atomic mass is 9.89. The molecule has 2 saturated heterocycles. The highest BCUT2D eigenvalue weighted by Gasteiger charge is 2.47. The number of carbonyl (C=O) groups is 1. The van der Waals surface area contributed by atoms with Crippen molar-refractivity contribution in [2.75, 3.05) is 18.6 Å². The predicted molar refractivity (Wildman–Crippen MR) is 201 cm³/mol. The molecule has 10 nitrogen and oxygen atoms in total. The van der Waals surface area contributed by atoms with Crippen LogP contribution in [-0.4, -0.2) is 85.7 Å². The zero-order chi connectivity index (χ0) is 38.1. The van der Waals surface area contributed by atoms with Crippen LogP contribution in [0.5, 0.6) is 5.75 Å². The van der Waals surface area contributed by atoms with Gasteiger partial charge in [-0.15, -0.1) is 0 Å². The number of halogens is 1. The number of amides is 2. The van der Waals surface area contributed by atoms with Crippen molar-refractivity contribution in [3.63, 3.8) is 0 Å². The van der Waals surface area contributed by atoms with E-state index in [2.05, 4.69) is 0 Å². The van der Waals surface area contributed by atoms with Crippen LogP contribution in [0.2, 0.25) is 0 Å². The third kappa shape index (κ3) is 7.22. The summed E-state index contributed by atoms with van der Waals surface area (Å²) in [5.41, 5.74) is 5.69. The number of phenolic OH excluding ortho intramolecular Hbond substituents is 1. The maximum atomic E-state index is 14.1. The van der Waals surface area contributed by atoms with Crippen LogP contribution in [0, 0.1) is 5.82 Å². The summed E-state index contributed by atoms with van der Waals surface area (Å²) in [5.74, 6) is -0.432. The maximum absolute atomic E-state index is 14.1. The first-order valence-corrected chi connectivity index (χ1v) is 17.9. The Bertz CT molecular complexity index is 2050. The molecule has 2 aliphatic heterocycles. The number of aliphatic hydroxyl groups excluding tert-OH is 5. The van der Waals surface area contributed by atoms with Gasteiger partial charge in [-0.25, -0.2) is 9.18 Å². The molecule has 2 fully saturated rings. The predicted octanol–water partition coefficient (Wildman–Crippen LogP) is 5.88. The zero-order valence-corrected chi connectivity index (χ0v) is 29.6. The molecule has 0 bridgehead atoms. The van der Waals surface area contributed by atoms with Crippen molar-refractivity contribution in [3.05, 3.63) is 144 Å². The van der Waals surface area contributed by atoms with E-state index in [0.717, 1.165) is 16.7 Å². The van der Waals surface area contributed by atoms with Gasteiger partial charge in [-0.1, -0.05) is 91.0 Å². The third-order valence-corrected chi connectivity index (χ3v) is 10.7. The number of nitrogens with zero attached hydrogens (tertiary/aromatic N) is 2. The molecule has 6 N–H and O–H groups in total. The fraction of sp³-hybridized carbons (Fsp3) is 0.279. The molecule has 11 heteroatoms. The number of urea groups is 1. The highest BCUT2D eigenvalue weighted by atomic mass is 19.1. The summed E-state index contributed by atoms with van der Waals surface area (Å²) in [6, 6.07) is 34.2. The van der Waals surface area contributed by atoms with Crippen molar-refractivity contribution in [1.82, 2.24) is 4.90 Å². The van der Waals surface area contributed by atoms with Crippen molar-refractivity contribution >= 4 is 11.7 Å². The van der Waals surface area contributed by atoms with E-state index in [1.165, 1.54) is 12.1 Å². The Morgan fingerprint density at radius 1 is 0.759 bits per heavy atom. The number of ether oxygens (including phenoxy) is 1. The average Bonchev–Trinajstić information content (AvgIpc) is 3.44. The van der Waals surface area contributed by atoms with Crippen LogP contribution in [-0.2, 0) is 4.74 Å². The lowest BCUT2D eigenvalue weighted by Gasteiger charge is -2.40. The summed E-state index contributed by atoms with van der Waals surface area (Å²) >= 11 is 0. The Kier molecular flexibility index (Phi) is 10.8. The normalized spacial score (nSPS) is 24.9. The Balaban J connectivity index is 1.19. The number of phenols is 1. The van der Waals surface area contributed by atoms with E-state index in [-0.39, 0.29) is 18.2 Å². The number of aromatic hydroxyl groups is 1. The summed E-state index contributed by atoms with van der Waals surface area (Å²) in [4.78, 5) is 17.4. The van der Waals surface area contributed by atoms with E-state index in [9.17, 15) is 39.8 Å². The van der Waals surface area contributed by atoms with Gasteiger partial charge in [0.2, 0.25) is 0 Å². The molecule has 1 unspecified atom stereocenters. The average molecular weight is 735 g/mol. The molecule has 54 heavy (non-hydrogen) atoms. The van der Waals surface area contributed by atoms with E-state index in [4.69, 9.17) is 4.74 Å².